The smallest absolute Gasteiger partial charge is 0.129 e. The van der Waals surface area contributed by atoms with E-state index in [2.05, 4.69) is 35.0 Å². The molecule has 0 aromatic heterocycles. The molecule has 0 bridgehead atoms. The highest BCUT2D eigenvalue weighted by Crippen LogP contribution is 2.34. The summed E-state index contributed by atoms with van der Waals surface area (Å²) in [7, 11) is 0. The van der Waals surface area contributed by atoms with Crippen LogP contribution in [0.2, 0.25) is 5.02 Å². The first kappa shape index (κ1) is 14.7. The normalized spacial score (nSPS) is 12.9. The molecule has 1 aliphatic rings. The summed E-state index contributed by atoms with van der Waals surface area (Å²) in [6.45, 7) is 3.26. The third-order valence-electron chi connectivity index (χ3n) is 3.57. The third-order valence-corrected chi connectivity index (χ3v) is 4.39. The standard InChI is InChI=1S/C17H16BrClO2/c1-11-2-3-16(13(6-11)9-18)21-10-14-8-15(19)7-12-4-5-20-17(12)14/h2-3,6-8H,4-5,9-10H2,1H3. The van der Waals surface area contributed by atoms with Crippen molar-refractivity contribution in [2.24, 2.45) is 0 Å². The second-order valence-corrected chi connectivity index (χ2v) is 6.18. The van der Waals surface area contributed by atoms with E-state index in [0.29, 0.717) is 6.61 Å². The van der Waals surface area contributed by atoms with Crippen LogP contribution < -0.4 is 9.47 Å². The predicted molar refractivity (Wildman–Crippen MR) is 88.8 cm³/mol. The van der Waals surface area contributed by atoms with Crippen molar-refractivity contribution in [3.8, 4) is 11.5 Å². The molecule has 3 rings (SSSR count). The highest BCUT2D eigenvalue weighted by molar-refractivity contribution is 9.08. The highest BCUT2D eigenvalue weighted by Gasteiger charge is 2.18. The van der Waals surface area contributed by atoms with Gasteiger partial charge in [0.25, 0.3) is 0 Å². The monoisotopic (exact) mass is 366 g/mol. The highest BCUT2D eigenvalue weighted by atomic mass is 79.9. The second kappa shape index (κ2) is 6.29. The predicted octanol–water partition coefficient (Wildman–Crippen LogP) is 5.06. The molecule has 0 fully saturated rings. The van der Waals surface area contributed by atoms with Crippen molar-refractivity contribution in [1.29, 1.82) is 0 Å². The van der Waals surface area contributed by atoms with E-state index >= 15 is 0 Å². The van der Waals surface area contributed by atoms with E-state index in [1.54, 1.807) is 0 Å². The Balaban J connectivity index is 1.83. The van der Waals surface area contributed by atoms with Gasteiger partial charge in [-0.15, -0.1) is 0 Å². The van der Waals surface area contributed by atoms with Gasteiger partial charge in [-0.05, 0) is 30.7 Å². The SMILES string of the molecule is Cc1ccc(OCc2cc(Cl)cc3c2OCC3)c(CBr)c1. The molecule has 0 spiro atoms. The van der Waals surface area contributed by atoms with Gasteiger partial charge in [-0.3, -0.25) is 0 Å². The van der Waals surface area contributed by atoms with Gasteiger partial charge < -0.3 is 9.47 Å². The molecule has 1 aliphatic heterocycles. The summed E-state index contributed by atoms with van der Waals surface area (Å²) in [5.41, 5.74) is 4.56. The molecule has 0 amide bonds. The van der Waals surface area contributed by atoms with Crippen molar-refractivity contribution in [2.75, 3.05) is 6.61 Å². The first-order chi connectivity index (χ1) is 10.2. The average molecular weight is 368 g/mol. The summed E-state index contributed by atoms with van der Waals surface area (Å²) >= 11 is 9.68. The molecule has 2 aromatic rings. The zero-order chi connectivity index (χ0) is 14.8. The number of alkyl halides is 1. The van der Waals surface area contributed by atoms with E-state index in [4.69, 9.17) is 21.1 Å². The molecule has 2 aromatic carbocycles. The van der Waals surface area contributed by atoms with Gasteiger partial charge in [0.15, 0.2) is 0 Å². The summed E-state index contributed by atoms with van der Waals surface area (Å²) in [6, 6.07) is 10.1. The molecule has 0 radical (unpaired) electrons. The number of rotatable bonds is 4. The fourth-order valence-electron chi connectivity index (χ4n) is 2.56. The molecule has 21 heavy (non-hydrogen) atoms. The molecular weight excluding hydrogens is 352 g/mol. The largest absolute Gasteiger partial charge is 0.493 e. The molecule has 110 valence electrons. The van der Waals surface area contributed by atoms with E-state index in [1.165, 1.54) is 11.1 Å². The van der Waals surface area contributed by atoms with E-state index < -0.39 is 0 Å². The molecule has 0 saturated heterocycles. The maximum atomic E-state index is 6.17. The molecule has 0 atom stereocenters. The molecular formula is C17H16BrClO2. The molecule has 0 unspecified atom stereocenters. The lowest BCUT2D eigenvalue weighted by atomic mass is 10.1. The maximum absolute atomic E-state index is 6.17. The number of hydrogen-bond donors (Lipinski definition) is 0. The van der Waals surface area contributed by atoms with E-state index in [1.807, 2.05) is 18.2 Å². The van der Waals surface area contributed by atoms with Crippen molar-refractivity contribution in [3.63, 3.8) is 0 Å². The molecule has 4 heteroatoms. The van der Waals surface area contributed by atoms with Gasteiger partial charge in [0.05, 0.1) is 6.61 Å². The zero-order valence-corrected chi connectivity index (χ0v) is 14.1. The Morgan fingerprint density at radius 2 is 2.10 bits per heavy atom. The Labute approximate surface area is 138 Å². The Morgan fingerprint density at radius 3 is 2.90 bits per heavy atom. The lowest BCUT2D eigenvalue weighted by molar-refractivity contribution is 0.290. The number of ether oxygens (including phenoxy) is 2. The number of fused-ring (bicyclic) bond motifs is 1. The van der Waals surface area contributed by atoms with Gasteiger partial charge in [-0.2, -0.15) is 0 Å². The minimum absolute atomic E-state index is 0.464. The molecule has 0 aliphatic carbocycles. The van der Waals surface area contributed by atoms with Crippen LogP contribution in [0.1, 0.15) is 22.3 Å². The van der Waals surface area contributed by atoms with Crippen LogP contribution in [0.3, 0.4) is 0 Å². The Hall–Kier alpha value is -1.19. The molecule has 2 nitrogen and oxygen atoms in total. The van der Waals surface area contributed by atoms with Crippen molar-refractivity contribution in [2.45, 2.75) is 25.3 Å². The van der Waals surface area contributed by atoms with Crippen molar-refractivity contribution < 1.29 is 9.47 Å². The Bertz CT molecular complexity index is 670. The van der Waals surface area contributed by atoms with Gasteiger partial charge in [-0.25, -0.2) is 0 Å². The number of halogens is 2. The fourth-order valence-corrected chi connectivity index (χ4v) is 3.26. The summed E-state index contributed by atoms with van der Waals surface area (Å²) in [6.07, 6.45) is 0.917. The number of benzene rings is 2. The second-order valence-electron chi connectivity index (χ2n) is 5.19. The lowest BCUT2D eigenvalue weighted by Gasteiger charge is -2.13. The molecule has 0 N–H and O–H groups in total. The van der Waals surface area contributed by atoms with Crippen LogP contribution in [0.5, 0.6) is 11.5 Å². The van der Waals surface area contributed by atoms with Crippen LogP contribution in [-0.2, 0) is 18.4 Å². The molecule has 1 heterocycles. The summed E-state index contributed by atoms with van der Waals surface area (Å²) in [5.74, 6) is 1.83. The summed E-state index contributed by atoms with van der Waals surface area (Å²) < 4.78 is 11.7. The van der Waals surface area contributed by atoms with E-state index in [0.717, 1.165) is 46.0 Å². The van der Waals surface area contributed by atoms with Gasteiger partial charge in [-0.1, -0.05) is 45.2 Å². The van der Waals surface area contributed by atoms with E-state index in [9.17, 15) is 0 Å². The Morgan fingerprint density at radius 1 is 1.24 bits per heavy atom. The quantitative estimate of drug-likeness (QED) is 0.703. The van der Waals surface area contributed by atoms with Crippen LogP contribution >= 0.6 is 27.5 Å². The van der Waals surface area contributed by atoms with E-state index in [-0.39, 0.29) is 0 Å². The fraction of sp³-hybridized carbons (Fsp3) is 0.294. The minimum Gasteiger partial charge on any atom is -0.493 e. The van der Waals surface area contributed by atoms with Crippen LogP contribution in [0.25, 0.3) is 0 Å². The van der Waals surface area contributed by atoms with Crippen LogP contribution in [0.15, 0.2) is 30.3 Å². The van der Waals surface area contributed by atoms with Gasteiger partial charge in [0.1, 0.15) is 18.1 Å². The minimum atomic E-state index is 0.464. The van der Waals surface area contributed by atoms with Crippen molar-refractivity contribution in [1.82, 2.24) is 0 Å². The van der Waals surface area contributed by atoms with Gasteiger partial charge >= 0.3 is 0 Å². The Kier molecular flexibility index (Phi) is 4.41. The van der Waals surface area contributed by atoms with Gasteiger partial charge in [0, 0.05) is 27.9 Å². The average Bonchev–Trinajstić information content (AvgIpc) is 2.93. The first-order valence-electron chi connectivity index (χ1n) is 6.90. The lowest BCUT2D eigenvalue weighted by Crippen LogP contribution is -2.00. The maximum Gasteiger partial charge on any atom is 0.129 e. The van der Waals surface area contributed by atoms with Crippen LogP contribution in [0, 0.1) is 6.92 Å². The van der Waals surface area contributed by atoms with Crippen LogP contribution in [-0.4, -0.2) is 6.61 Å². The third kappa shape index (κ3) is 3.19. The number of aryl methyl sites for hydroxylation is 1. The first-order valence-corrected chi connectivity index (χ1v) is 8.39. The number of hydrogen-bond acceptors (Lipinski definition) is 2. The van der Waals surface area contributed by atoms with Crippen molar-refractivity contribution >= 4 is 27.5 Å². The molecule has 0 saturated carbocycles. The summed E-state index contributed by atoms with van der Waals surface area (Å²) in [5, 5.41) is 1.51. The zero-order valence-electron chi connectivity index (χ0n) is 11.8. The van der Waals surface area contributed by atoms with Crippen molar-refractivity contribution in [3.05, 3.63) is 57.6 Å². The topological polar surface area (TPSA) is 18.5 Å². The van der Waals surface area contributed by atoms with Crippen LogP contribution in [0.4, 0.5) is 0 Å². The summed E-state index contributed by atoms with van der Waals surface area (Å²) in [4.78, 5) is 0. The van der Waals surface area contributed by atoms with Gasteiger partial charge in [0.2, 0.25) is 0 Å².